The van der Waals surface area contributed by atoms with E-state index < -0.39 is 6.10 Å². The van der Waals surface area contributed by atoms with Crippen LogP contribution in [-0.4, -0.2) is 41.2 Å². The molecule has 1 amide bonds. The molecule has 3 aliphatic heterocycles. The first kappa shape index (κ1) is 13.7. The van der Waals surface area contributed by atoms with Crippen LogP contribution in [0.5, 0.6) is 0 Å². The normalized spacial score (nSPS) is 35.2. The zero-order valence-corrected chi connectivity index (χ0v) is 12.4. The summed E-state index contributed by atoms with van der Waals surface area (Å²) in [5, 5.41) is 0. The molecule has 0 saturated carbocycles. The van der Waals surface area contributed by atoms with Crippen molar-refractivity contribution in [3.05, 3.63) is 60.7 Å². The molecule has 0 aromatic heterocycles. The highest BCUT2D eigenvalue weighted by atomic mass is 16.5. The van der Waals surface area contributed by atoms with Crippen LogP contribution in [-0.2, 0) is 20.9 Å². The predicted octanol–water partition coefficient (Wildman–Crippen LogP) is 2.07. The van der Waals surface area contributed by atoms with Crippen LogP contribution < -0.4 is 0 Å². The maximum absolute atomic E-state index is 12.5. The molecule has 1 spiro atoms. The molecule has 0 aliphatic carbocycles. The average molecular weight is 297 g/mol. The lowest BCUT2D eigenvalue weighted by molar-refractivity contribution is -0.200. The molecule has 1 aromatic carbocycles. The third kappa shape index (κ3) is 1.81. The quantitative estimate of drug-likeness (QED) is 0.617. The van der Waals surface area contributed by atoms with E-state index >= 15 is 0 Å². The Bertz CT molecular complexity index is 626. The number of carbonyl (C=O) groups is 1. The summed E-state index contributed by atoms with van der Waals surface area (Å²) < 4.78 is 11.9. The van der Waals surface area contributed by atoms with Crippen molar-refractivity contribution in [2.45, 2.75) is 36.9 Å². The Balaban J connectivity index is 1.55. The summed E-state index contributed by atoms with van der Waals surface area (Å²) in [6.07, 6.45) is 6.35. The molecule has 0 unspecified atom stereocenters. The maximum Gasteiger partial charge on any atom is 0.255 e. The topological polar surface area (TPSA) is 38.8 Å². The van der Waals surface area contributed by atoms with Gasteiger partial charge in [0.05, 0.1) is 12.7 Å². The summed E-state index contributed by atoms with van der Waals surface area (Å²) in [5.74, 6) is 0.0420. The van der Waals surface area contributed by atoms with Gasteiger partial charge in [0.15, 0.2) is 6.10 Å². The standard InChI is InChI=1S/C18H19NO3/c1-2-10-19-17(20)16(21-12-13-6-4-3-5-7-13)18(19)11-14-8-9-15(18)22-14/h2-9,14-16H,1,10-12H2/t14-,15+,16-,18-/m1/s1. The van der Waals surface area contributed by atoms with E-state index in [1.54, 1.807) is 6.08 Å². The van der Waals surface area contributed by atoms with E-state index in [2.05, 4.69) is 18.7 Å². The van der Waals surface area contributed by atoms with Crippen molar-refractivity contribution >= 4 is 5.91 Å². The summed E-state index contributed by atoms with van der Waals surface area (Å²) in [6.45, 7) is 4.75. The number of hydrogen-bond donors (Lipinski definition) is 0. The molecule has 4 nitrogen and oxygen atoms in total. The SMILES string of the molecule is C=CCN1C(=O)[C@@H](OCc2ccccc2)[C@]12C[C@H]1C=C[C@@H]2O1. The Morgan fingerprint density at radius 1 is 1.36 bits per heavy atom. The van der Waals surface area contributed by atoms with E-state index in [1.807, 2.05) is 35.2 Å². The van der Waals surface area contributed by atoms with Crippen molar-refractivity contribution in [2.24, 2.45) is 0 Å². The Labute approximate surface area is 130 Å². The molecule has 22 heavy (non-hydrogen) atoms. The molecule has 4 rings (SSSR count). The van der Waals surface area contributed by atoms with E-state index in [0.29, 0.717) is 13.2 Å². The first-order valence-electron chi connectivity index (χ1n) is 7.67. The highest BCUT2D eigenvalue weighted by molar-refractivity contribution is 5.91. The molecular weight excluding hydrogens is 278 g/mol. The monoisotopic (exact) mass is 297 g/mol. The van der Waals surface area contributed by atoms with Crippen LogP contribution in [0.15, 0.2) is 55.1 Å². The van der Waals surface area contributed by atoms with Crippen molar-refractivity contribution in [2.75, 3.05) is 6.54 Å². The van der Waals surface area contributed by atoms with Gasteiger partial charge in [-0.3, -0.25) is 4.79 Å². The largest absolute Gasteiger partial charge is 0.364 e. The summed E-state index contributed by atoms with van der Waals surface area (Å²) in [4.78, 5) is 14.3. The first-order chi connectivity index (χ1) is 10.8. The van der Waals surface area contributed by atoms with E-state index in [4.69, 9.17) is 9.47 Å². The fraction of sp³-hybridized carbons (Fsp3) is 0.389. The number of amides is 1. The summed E-state index contributed by atoms with van der Waals surface area (Å²) >= 11 is 0. The predicted molar refractivity (Wildman–Crippen MR) is 82.1 cm³/mol. The molecule has 3 aliphatic rings. The molecule has 4 heteroatoms. The molecule has 114 valence electrons. The van der Waals surface area contributed by atoms with Gasteiger partial charge in [0.25, 0.3) is 5.91 Å². The minimum Gasteiger partial charge on any atom is -0.364 e. The number of likely N-dealkylation sites (tertiary alicyclic amines) is 1. The van der Waals surface area contributed by atoms with E-state index in [1.165, 1.54) is 0 Å². The van der Waals surface area contributed by atoms with Crippen molar-refractivity contribution in [3.63, 3.8) is 0 Å². The highest BCUT2D eigenvalue weighted by Gasteiger charge is 2.69. The van der Waals surface area contributed by atoms with Crippen LogP contribution in [0.3, 0.4) is 0 Å². The van der Waals surface area contributed by atoms with Gasteiger partial charge in [-0.15, -0.1) is 6.58 Å². The smallest absolute Gasteiger partial charge is 0.255 e. The van der Waals surface area contributed by atoms with E-state index in [9.17, 15) is 4.79 Å². The molecule has 2 bridgehead atoms. The number of fused-ring (bicyclic) bond motifs is 3. The lowest BCUT2D eigenvalue weighted by Crippen LogP contribution is -2.78. The average Bonchev–Trinajstić information content (AvgIpc) is 3.16. The Morgan fingerprint density at radius 3 is 2.82 bits per heavy atom. The van der Waals surface area contributed by atoms with Gasteiger partial charge in [-0.1, -0.05) is 48.6 Å². The van der Waals surface area contributed by atoms with Crippen LogP contribution in [0.1, 0.15) is 12.0 Å². The fourth-order valence-electron chi connectivity index (χ4n) is 3.86. The molecule has 2 saturated heterocycles. The molecule has 1 aromatic rings. The lowest BCUT2D eigenvalue weighted by atomic mass is 9.72. The van der Waals surface area contributed by atoms with E-state index in [0.717, 1.165) is 12.0 Å². The second kappa shape index (κ2) is 5.07. The van der Waals surface area contributed by atoms with Crippen molar-refractivity contribution in [1.82, 2.24) is 4.90 Å². The number of benzene rings is 1. The fourth-order valence-corrected chi connectivity index (χ4v) is 3.86. The van der Waals surface area contributed by atoms with Gasteiger partial charge in [0.2, 0.25) is 0 Å². The van der Waals surface area contributed by atoms with Gasteiger partial charge in [-0.25, -0.2) is 0 Å². The maximum atomic E-state index is 12.5. The number of ether oxygens (including phenoxy) is 2. The number of rotatable bonds is 5. The van der Waals surface area contributed by atoms with E-state index in [-0.39, 0.29) is 23.7 Å². The Kier molecular flexibility index (Phi) is 3.17. The highest BCUT2D eigenvalue weighted by Crippen LogP contribution is 2.50. The van der Waals surface area contributed by atoms with Crippen molar-refractivity contribution in [3.8, 4) is 0 Å². The molecule has 4 atom stereocenters. The second-order valence-electron chi connectivity index (χ2n) is 6.09. The second-order valence-corrected chi connectivity index (χ2v) is 6.09. The number of nitrogens with zero attached hydrogens (tertiary/aromatic N) is 1. The van der Waals surface area contributed by atoms with Crippen molar-refractivity contribution < 1.29 is 14.3 Å². The van der Waals surface area contributed by atoms with Gasteiger partial charge in [0.1, 0.15) is 11.6 Å². The molecule has 3 heterocycles. The van der Waals surface area contributed by atoms with Crippen LogP contribution in [0.4, 0.5) is 0 Å². The van der Waals surface area contributed by atoms with Crippen LogP contribution in [0.25, 0.3) is 0 Å². The van der Waals surface area contributed by atoms with Gasteiger partial charge in [-0.05, 0) is 5.56 Å². The third-order valence-corrected chi connectivity index (χ3v) is 4.86. The number of hydrogen-bond acceptors (Lipinski definition) is 3. The van der Waals surface area contributed by atoms with Crippen molar-refractivity contribution in [1.29, 1.82) is 0 Å². The summed E-state index contributed by atoms with van der Waals surface area (Å²) in [7, 11) is 0. The minimum atomic E-state index is -0.424. The van der Waals surface area contributed by atoms with Gasteiger partial charge < -0.3 is 14.4 Å². The van der Waals surface area contributed by atoms with Crippen LogP contribution in [0.2, 0.25) is 0 Å². The lowest BCUT2D eigenvalue weighted by Gasteiger charge is -2.56. The minimum absolute atomic E-state index is 0.0420. The molecule has 0 N–H and O–H groups in total. The molecule has 0 radical (unpaired) electrons. The molecule has 2 fully saturated rings. The van der Waals surface area contributed by atoms with Gasteiger partial charge in [-0.2, -0.15) is 0 Å². The zero-order chi connectivity index (χ0) is 15.2. The summed E-state index contributed by atoms with van der Waals surface area (Å²) in [6, 6.07) is 9.94. The zero-order valence-electron chi connectivity index (χ0n) is 12.4. The number of carbonyl (C=O) groups excluding carboxylic acids is 1. The third-order valence-electron chi connectivity index (χ3n) is 4.86. The van der Waals surface area contributed by atoms with Crippen LogP contribution in [0, 0.1) is 0 Å². The Morgan fingerprint density at radius 2 is 2.18 bits per heavy atom. The van der Waals surface area contributed by atoms with Gasteiger partial charge in [0, 0.05) is 13.0 Å². The number of β-lactam (4-membered cyclic amide) rings is 1. The summed E-state index contributed by atoms with van der Waals surface area (Å²) in [5.41, 5.74) is 0.728. The first-order valence-corrected chi connectivity index (χ1v) is 7.67. The van der Waals surface area contributed by atoms with Gasteiger partial charge >= 0.3 is 0 Å². The molecular formula is C18H19NO3. The van der Waals surface area contributed by atoms with Crippen LogP contribution >= 0.6 is 0 Å². The Hall–Kier alpha value is -1.91.